The largest absolute Gasteiger partial charge is 0.433 e. The molecule has 0 aromatic heterocycles. The molecule has 0 aliphatic carbocycles. The number of allylic oxidation sites excluding steroid dienone is 2. The predicted octanol–water partition coefficient (Wildman–Crippen LogP) is 2.26. The van der Waals surface area contributed by atoms with E-state index in [0.717, 1.165) is 0 Å². The fourth-order valence-corrected chi connectivity index (χ4v) is 1.71. The smallest absolute Gasteiger partial charge is 0.397 e. The Morgan fingerprint density at radius 2 is 1.55 bits per heavy atom. The molecule has 1 aromatic carbocycles. The molecule has 0 saturated heterocycles. The SMILES string of the molecule is N=C(C(=C(N)N)/C(Cl)=C(\N)c1ccccc1)C(F)(F)F. The summed E-state index contributed by atoms with van der Waals surface area (Å²) < 4.78 is 37.8. The van der Waals surface area contributed by atoms with E-state index in [-0.39, 0.29) is 5.70 Å². The van der Waals surface area contributed by atoms with Gasteiger partial charge in [-0.05, 0) is 5.56 Å². The molecule has 0 unspecified atom stereocenters. The lowest BCUT2D eigenvalue weighted by Crippen LogP contribution is -2.29. The first-order valence-electron chi connectivity index (χ1n) is 5.28. The quantitative estimate of drug-likeness (QED) is 0.509. The van der Waals surface area contributed by atoms with Gasteiger partial charge in [0.15, 0.2) is 0 Å². The summed E-state index contributed by atoms with van der Waals surface area (Å²) >= 11 is 5.82. The molecule has 0 aliphatic rings. The van der Waals surface area contributed by atoms with E-state index in [1.165, 1.54) is 0 Å². The molecule has 0 aliphatic heterocycles. The Morgan fingerprint density at radius 1 is 1.05 bits per heavy atom. The number of alkyl halides is 3. The minimum absolute atomic E-state index is 0.148. The van der Waals surface area contributed by atoms with E-state index in [4.69, 9.17) is 34.2 Å². The number of rotatable bonds is 3. The molecule has 0 atom stereocenters. The van der Waals surface area contributed by atoms with E-state index in [0.29, 0.717) is 5.56 Å². The third kappa shape index (κ3) is 3.45. The summed E-state index contributed by atoms with van der Waals surface area (Å²) in [6.45, 7) is 0. The summed E-state index contributed by atoms with van der Waals surface area (Å²) in [4.78, 5) is 0. The number of halogens is 4. The molecule has 0 bridgehead atoms. The Bertz CT molecular complexity index is 572. The van der Waals surface area contributed by atoms with Gasteiger partial charge in [-0.2, -0.15) is 13.2 Å². The Morgan fingerprint density at radius 3 is 1.95 bits per heavy atom. The van der Waals surface area contributed by atoms with E-state index >= 15 is 0 Å². The second-order valence-corrected chi connectivity index (χ2v) is 4.17. The van der Waals surface area contributed by atoms with E-state index in [9.17, 15) is 13.2 Å². The van der Waals surface area contributed by atoms with E-state index < -0.39 is 28.3 Å². The second kappa shape index (κ2) is 5.87. The number of nitrogens with two attached hydrogens (primary N) is 3. The number of hydrogen-bond acceptors (Lipinski definition) is 4. The molecule has 1 aromatic rings. The van der Waals surface area contributed by atoms with Gasteiger partial charge in [-0.25, -0.2) is 0 Å². The molecule has 8 heteroatoms. The lowest BCUT2D eigenvalue weighted by Gasteiger charge is -2.15. The van der Waals surface area contributed by atoms with Gasteiger partial charge in [-0.15, -0.1) is 0 Å². The molecule has 20 heavy (non-hydrogen) atoms. The van der Waals surface area contributed by atoms with Crippen LogP contribution in [0.2, 0.25) is 0 Å². The molecule has 0 heterocycles. The van der Waals surface area contributed by atoms with Crippen molar-refractivity contribution >= 4 is 23.0 Å². The van der Waals surface area contributed by atoms with Crippen molar-refractivity contribution in [2.24, 2.45) is 17.2 Å². The van der Waals surface area contributed by atoms with E-state index in [1.54, 1.807) is 30.3 Å². The zero-order chi connectivity index (χ0) is 15.5. The van der Waals surface area contributed by atoms with Gasteiger partial charge >= 0.3 is 6.18 Å². The van der Waals surface area contributed by atoms with Crippen molar-refractivity contribution in [2.75, 3.05) is 0 Å². The van der Waals surface area contributed by atoms with Crippen molar-refractivity contribution in [3.05, 3.63) is 52.3 Å². The Kier molecular flexibility index (Phi) is 4.67. The van der Waals surface area contributed by atoms with Crippen LogP contribution in [-0.4, -0.2) is 11.9 Å². The van der Waals surface area contributed by atoms with Crippen molar-refractivity contribution < 1.29 is 13.2 Å². The fourth-order valence-electron chi connectivity index (χ4n) is 1.40. The molecule has 0 spiro atoms. The zero-order valence-corrected chi connectivity index (χ0v) is 10.9. The average Bonchev–Trinajstić information content (AvgIpc) is 2.37. The van der Waals surface area contributed by atoms with Gasteiger partial charge in [0.2, 0.25) is 0 Å². The highest BCUT2D eigenvalue weighted by atomic mass is 35.5. The third-order valence-corrected chi connectivity index (χ3v) is 2.76. The van der Waals surface area contributed by atoms with Crippen LogP contribution in [0.5, 0.6) is 0 Å². The molecular formula is C12H12ClF3N4. The highest BCUT2D eigenvalue weighted by Crippen LogP contribution is 2.30. The van der Waals surface area contributed by atoms with E-state index in [1.807, 2.05) is 0 Å². The first-order chi connectivity index (χ1) is 9.16. The summed E-state index contributed by atoms with van der Waals surface area (Å²) in [5.41, 5.74) is 13.7. The van der Waals surface area contributed by atoms with Gasteiger partial charge in [0.25, 0.3) is 0 Å². The van der Waals surface area contributed by atoms with Crippen LogP contribution in [-0.2, 0) is 0 Å². The van der Waals surface area contributed by atoms with Gasteiger partial charge in [0.1, 0.15) is 11.5 Å². The topological polar surface area (TPSA) is 102 Å². The summed E-state index contributed by atoms with van der Waals surface area (Å²) in [5.74, 6) is -0.726. The number of benzene rings is 1. The predicted molar refractivity (Wildman–Crippen MR) is 72.6 cm³/mol. The number of nitrogens with one attached hydrogen (secondary N) is 1. The molecular weight excluding hydrogens is 293 g/mol. The average molecular weight is 305 g/mol. The number of hydrogen-bond donors (Lipinski definition) is 4. The first kappa shape index (κ1) is 15.9. The molecule has 0 amide bonds. The minimum atomic E-state index is -4.93. The van der Waals surface area contributed by atoms with Crippen LogP contribution in [0.1, 0.15) is 5.56 Å². The lowest BCUT2D eigenvalue weighted by molar-refractivity contribution is -0.0588. The van der Waals surface area contributed by atoms with Gasteiger partial charge in [-0.3, -0.25) is 5.41 Å². The van der Waals surface area contributed by atoms with Crippen LogP contribution >= 0.6 is 11.6 Å². The van der Waals surface area contributed by atoms with E-state index in [2.05, 4.69) is 0 Å². The molecule has 4 nitrogen and oxygen atoms in total. The minimum Gasteiger partial charge on any atom is -0.397 e. The maximum absolute atomic E-state index is 12.6. The molecule has 0 radical (unpaired) electrons. The van der Waals surface area contributed by atoms with Gasteiger partial charge in [-0.1, -0.05) is 41.9 Å². The standard InChI is InChI=1S/C12H12ClF3N4/c13-8(9(17)6-4-2-1-3-5-6)7(11(19)20)10(18)12(14,15)16/h1-5,18H,17,19-20H2/b9-8+,18-10?. The Balaban J connectivity index is 3.38. The van der Waals surface area contributed by atoms with Crippen molar-refractivity contribution in [3.63, 3.8) is 0 Å². The third-order valence-electron chi connectivity index (χ3n) is 2.36. The molecule has 7 N–H and O–H groups in total. The van der Waals surface area contributed by atoms with Crippen LogP contribution in [0.25, 0.3) is 5.70 Å². The lowest BCUT2D eigenvalue weighted by atomic mass is 10.1. The maximum Gasteiger partial charge on any atom is 0.433 e. The monoisotopic (exact) mass is 304 g/mol. The van der Waals surface area contributed by atoms with Crippen molar-refractivity contribution in [3.8, 4) is 0 Å². The zero-order valence-electron chi connectivity index (χ0n) is 10.1. The normalized spacial score (nSPS) is 12.6. The van der Waals surface area contributed by atoms with Gasteiger partial charge < -0.3 is 17.2 Å². The highest BCUT2D eigenvalue weighted by molar-refractivity contribution is 6.39. The fraction of sp³-hybridized carbons (Fsp3) is 0.0833. The summed E-state index contributed by atoms with van der Waals surface area (Å²) in [5, 5.41) is 6.58. The second-order valence-electron chi connectivity index (χ2n) is 3.80. The molecule has 0 saturated carbocycles. The van der Waals surface area contributed by atoms with Crippen LogP contribution in [0.3, 0.4) is 0 Å². The van der Waals surface area contributed by atoms with Crippen LogP contribution in [0, 0.1) is 5.41 Å². The summed E-state index contributed by atoms with van der Waals surface area (Å²) in [6, 6.07) is 8.09. The van der Waals surface area contributed by atoms with Crippen LogP contribution < -0.4 is 17.2 Å². The van der Waals surface area contributed by atoms with Crippen LogP contribution in [0.15, 0.2) is 46.8 Å². The summed E-state index contributed by atoms with van der Waals surface area (Å²) in [7, 11) is 0. The Hall–Kier alpha value is -2.15. The van der Waals surface area contributed by atoms with Crippen molar-refractivity contribution in [1.29, 1.82) is 5.41 Å². The van der Waals surface area contributed by atoms with Crippen LogP contribution in [0.4, 0.5) is 13.2 Å². The molecule has 1 rings (SSSR count). The first-order valence-corrected chi connectivity index (χ1v) is 5.66. The highest BCUT2D eigenvalue weighted by Gasteiger charge is 2.39. The van der Waals surface area contributed by atoms with Crippen molar-refractivity contribution in [2.45, 2.75) is 6.18 Å². The molecule has 0 fully saturated rings. The summed E-state index contributed by atoms with van der Waals surface area (Å²) in [6.07, 6.45) is -4.93. The van der Waals surface area contributed by atoms with Gasteiger partial charge in [0, 0.05) is 0 Å². The Labute approximate surface area is 118 Å². The maximum atomic E-state index is 12.6. The molecule has 108 valence electrons. The van der Waals surface area contributed by atoms with Crippen molar-refractivity contribution in [1.82, 2.24) is 0 Å². The van der Waals surface area contributed by atoms with Gasteiger partial charge in [0.05, 0.1) is 16.3 Å².